The number of aromatic nitrogens is 2. The number of amides is 2. The maximum absolute atomic E-state index is 15.0. The highest BCUT2D eigenvalue weighted by molar-refractivity contribution is 9.10. The second-order valence-electron chi connectivity index (χ2n) is 17.2. The second-order valence-corrected chi connectivity index (χ2v) is 19.8. The van der Waals surface area contributed by atoms with Crippen LogP contribution in [0.5, 0.6) is 0 Å². The highest BCUT2D eigenvalue weighted by Gasteiger charge is 2.42. The molecule has 0 bridgehead atoms. The Morgan fingerprint density at radius 1 is 0.899 bits per heavy atom. The van der Waals surface area contributed by atoms with E-state index in [0.29, 0.717) is 30.2 Å². The molecule has 3 atom stereocenters. The van der Waals surface area contributed by atoms with Crippen LogP contribution < -0.4 is 10.0 Å². The van der Waals surface area contributed by atoms with Crippen LogP contribution in [-0.4, -0.2) is 70.8 Å². The third kappa shape index (κ3) is 10.9. The molecule has 69 heavy (non-hydrogen) atoms. The monoisotopic (exact) mass is 1020 g/mol. The van der Waals surface area contributed by atoms with Crippen LogP contribution in [0.2, 0.25) is 0 Å². The maximum atomic E-state index is 15.0. The molecule has 0 radical (unpaired) electrons. The normalized spacial score (nSPS) is 15.6. The molecule has 1 aromatic heterocycles. The van der Waals surface area contributed by atoms with Crippen LogP contribution in [0.3, 0.4) is 0 Å². The molecule has 1 saturated heterocycles. The molecule has 2 N–H and O–H groups in total. The van der Waals surface area contributed by atoms with Crippen molar-refractivity contribution < 1.29 is 32.5 Å². The summed E-state index contributed by atoms with van der Waals surface area (Å²) in [5.41, 5.74) is 4.00. The summed E-state index contributed by atoms with van der Waals surface area (Å²) in [6, 6.07) is 36.9. The van der Waals surface area contributed by atoms with Crippen molar-refractivity contribution in [1.82, 2.24) is 19.2 Å². The zero-order chi connectivity index (χ0) is 49.3. The van der Waals surface area contributed by atoms with Crippen LogP contribution in [0, 0.1) is 23.0 Å². The Kier molecular flexibility index (Phi) is 16.3. The summed E-state index contributed by atoms with van der Waals surface area (Å²) in [4.78, 5) is 59.0. The van der Waals surface area contributed by atoms with Gasteiger partial charge in [0, 0.05) is 40.8 Å². The van der Waals surface area contributed by atoms with Crippen molar-refractivity contribution in [3.05, 3.63) is 176 Å². The number of anilines is 1. The molecule has 7 rings (SSSR count). The van der Waals surface area contributed by atoms with Crippen molar-refractivity contribution in [2.45, 2.75) is 95.2 Å². The zero-order valence-electron chi connectivity index (χ0n) is 39.1. The first-order valence-corrected chi connectivity index (χ1v) is 25.6. The second kappa shape index (κ2) is 22.3. The fourth-order valence-electron chi connectivity index (χ4n) is 9.44. The number of nitro groups is 1. The highest BCUT2D eigenvalue weighted by atomic mass is 79.9. The Balaban J connectivity index is 1.29. The number of imidazole rings is 1. The third-order valence-electron chi connectivity index (χ3n) is 13.0. The number of non-ortho nitro benzene ring substituents is 1. The summed E-state index contributed by atoms with van der Waals surface area (Å²) in [5, 5.41) is 14.5. The molecular formula is C53H57BrN6O8S. The van der Waals surface area contributed by atoms with Crippen molar-refractivity contribution in [3.63, 3.8) is 0 Å². The van der Waals surface area contributed by atoms with Gasteiger partial charge < -0.3 is 19.5 Å². The van der Waals surface area contributed by atoms with Gasteiger partial charge in [0.25, 0.3) is 5.69 Å². The van der Waals surface area contributed by atoms with E-state index in [2.05, 4.69) is 66.9 Å². The molecule has 1 aliphatic heterocycles. The number of likely N-dealkylation sites (tertiary alicyclic amines) is 1. The number of nitro benzene ring substituents is 1. The van der Waals surface area contributed by atoms with E-state index in [-0.39, 0.29) is 59.3 Å². The molecule has 360 valence electrons. The third-order valence-corrected chi connectivity index (χ3v) is 14.9. The van der Waals surface area contributed by atoms with Gasteiger partial charge in [0.05, 0.1) is 29.2 Å². The number of halogens is 1. The average Bonchev–Trinajstić information content (AvgIpc) is 3.73. The lowest BCUT2D eigenvalue weighted by molar-refractivity contribution is -0.384. The van der Waals surface area contributed by atoms with E-state index >= 15 is 4.79 Å². The molecule has 5 aromatic carbocycles. The number of piperidine rings is 1. The first-order valence-electron chi connectivity index (χ1n) is 23.3. The fraction of sp³-hybridized carbons (Fsp3) is 0.321. The van der Waals surface area contributed by atoms with Gasteiger partial charge in [-0.2, -0.15) is 4.72 Å². The topological polar surface area (TPSA) is 183 Å². The van der Waals surface area contributed by atoms with E-state index in [1.165, 1.54) is 29.2 Å². The van der Waals surface area contributed by atoms with E-state index in [9.17, 15) is 28.1 Å². The summed E-state index contributed by atoms with van der Waals surface area (Å²) in [7, 11) is -4.69. The van der Waals surface area contributed by atoms with Gasteiger partial charge in [-0.3, -0.25) is 19.7 Å². The Labute approximate surface area is 411 Å². The van der Waals surface area contributed by atoms with E-state index in [4.69, 9.17) is 9.72 Å². The minimum atomic E-state index is -4.69. The van der Waals surface area contributed by atoms with E-state index < -0.39 is 50.4 Å². The lowest BCUT2D eigenvalue weighted by Crippen LogP contribution is -2.57. The van der Waals surface area contributed by atoms with Crippen molar-refractivity contribution >= 4 is 55.1 Å². The number of ether oxygens (including phenoxy) is 1. The van der Waals surface area contributed by atoms with Crippen LogP contribution in [0.25, 0.3) is 11.1 Å². The van der Waals surface area contributed by atoms with Crippen molar-refractivity contribution in [2.24, 2.45) is 5.92 Å². The Morgan fingerprint density at radius 3 is 2.09 bits per heavy atom. The average molecular weight is 1020 g/mol. The number of aryl methyl sites for hydroxylation is 1. The van der Waals surface area contributed by atoms with Gasteiger partial charge in [0.15, 0.2) is 0 Å². The number of nitrogens with one attached hydrogen (secondary N) is 2. The van der Waals surface area contributed by atoms with Crippen molar-refractivity contribution in [1.29, 1.82) is 0 Å². The molecule has 0 aliphatic carbocycles. The SMILES string of the molecule is CCOC(=O)[C@@H]1C[C@@H](CC)CCN1C(=O)[C@@H](CCCc1ncn(C(c2ccccc2)(c2ccccc2)c2ccccc2)c1C)NS(=O)(=O)c1cc(Br)cc(-c2cccc([N+](=O)[O-])c2)c1NC(=O)CC. The van der Waals surface area contributed by atoms with Crippen LogP contribution in [0.4, 0.5) is 11.4 Å². The molecule has 1 aliphatic rings. The lowest BCUT2D eigenvalue weighted by Gasteiger charge is -2.39. The van der Waals surface area contributed by atoms with Gasteiger partial charge >= 0.3 is 5.97 Å². The number of carbonyl (C=O) groups excluding carboxylic acids is 3. The molecular weight excluding hydrogens is 961 g/mol. The summed E-state index contributed by atoms with van der Waals surface area (Å²) in [6.07, 6.45) is 4.30. The van der Waals surface area contributed by atoms with Gasteiger partial charge in [-0.05, 0) is 86.3 Å². The summed E-state index contributed by atoms with van der Waals surface area (Å²) in [6.45, 7) is 7.68. The molecule has 2 heterocycles. The maximum Gasteiger partial charge on any atom is 0.328 e. The molecule has 6 aromatic rings. The number of carbonyl (C=O) groups is 3. The van der Waals surface area contributed by atoms with Gasteiger partial charge in [-0.15, -0.1) is 0 Å². The number of nitrogens with zero attached hydrogens (tertiary/aromatic N) is 4. The predicted octanol–water partition coefficient (Wildman–Crippen LogP) is 9.97. The van der Waals surface area contributed by atoms with Gasteiger partial charge in [-0.25, -0.2) is 18.2 Å². The van der Waals surface area contributed by atoms with Crippen LogP contribution in [0.15, 0.2) is 143 Å². The van der Waals surface area contributed by atoms with Crippen LogP contribution in [-0.2, 0) is 41.1 Å². The standard InChI is InChI=1S/C53H57BrN6O8S/c1-5-37-29-30-58(47(31-37)52(63)68-7-3)51(62)46(57-69(66,67)48-34-42(54)33-44(50(48)56-49(61)6-2)38-19-17-26-43(32-38)60(64)65)28-18-27-45-36(4)59(35-55-45)53(39-20-11-8-12-21-39,40-22-13-9-14-23-40)41-24-15-10-16-25-41/h8-17,19-26,32-35,37,46-47,57H,5-7,18,27-31H2,1-4H3,(H,56,61)/t37-,46+,47-/m0/s1. The molecule has 14 nitrogen and oxygen atoms in total. The summed E-state index contributed by atoms with van der Waals surface area (Å²) >= 11 is 3.44. The molecule has 0 unspecified atom stereocenters. The number of sulfonamides is 1. The van der Waals surface area contributed by atoms with Crippen LogP contribution in [0.1, 0.15) is 87.4 Å². The first-order chi connectivity index (χ1) is 33.2. The van der Waals surface area contributed by atoms with E-state index in [1.807, 2.05) is 74.8 Å². The molecule has 1 fully saturated rings. The van der Waals surface area contributed by atoms with Crippen molar-refractivity contribution in [2.75, 3.05) is 18.5 Å². The molecule has 0 saturated carbocycles. The number of hydrogen-bond acceptors (Lipinski definition) is 9. The molecule has 2 amide bonds. The van der Waals surface area contributed by atoms with Gasteiger partial charge in [0.2, 0.25) is 21.8 Å². The smallest absolute Gasteiger partial charge is 0.328 e. The van der Waals surface area contributed by atoms with Gasteiger partial charge in [0.1, 0.15) is 22.5 Å². The minimum Gasteiger partial charge on any atom is -0.464 e. The Morgan fingerprint density at radius 2 is 1.52 bits per heavy atom. The number of benzene rings is 5. The Bertz CT molecular complexity index is 2800. The predicted molar refractivity (Wildman–Crippen MR) is 269 cm³/mol. The summed E-state index contributed by atoms with van der Waals surface area (Å²) in [5.74, 6) is -1.48. The quantitative estimate of drug-likeness (QED) is 0.0345. The summed E-state index contributed by atoms with van der Waals surface area (Å²) < 4.78 is 40.6. The van der Waals surface area contributed by atoms with E-state index in [0.717, 1.165) is 34.5 Å². The number of hydrogen-bond donors (Lipinski definition) is 2. The zero-order valence-corrected chi connectivity index (χ0v) is 41.5. The van der Waals surface area contributed by atoms with Crippen LogP contribution >= 0.6 is 15.9 Å². The van der Waals surface area contributed by atoms with Crippen molar-refractivity contribution in [3.8, 4) is 11.1 Å². The van der Waals surface area contributed by atoms with E-state index in [1.54, 1.807) is 26.0 Å². The molecule has 16 heteroatoms. The lowest BCUT2D eigenvalue weighted by atomic mass is 9.76. The Hall–Kier alpha value is -6.49. The van der Waals surface area contributed by atoms with Gasteiger partial charge in [-0.1, -0.05) is 139 Å². The largest absolute Gasteiger partial charge is 0.464 e. The highest BCUT2D eigenvalue weighted by Crippen LogP contribution is 2.43. The first kappa shape index (κ1) is 50.4. The molecule has 0 spiro atoms. The fourth-order valence-corrected chi connectivity index (χ4v) is 11.5. The number of esters is 1. The number of rotatable bonds is 19. The minimum absolute atomic E-state index is 0.000223.